The van der Waals surface area contributed by atoms with Crippen LogP contribution in [0.2, 0.25) is 0 Å². The molecule has 18 nitrogen and oxygen atoms in total. The van der Waals surface area contributed by atoms with Crippen LogP contribution in [0.5, 0.6) is 17.2 Å². The van der Waals surface area contributed by atoms with E-state index in [1.54, 1.807) is 51.5 Å². The van der Waals surface area contributed by atoms with E-state index < -0.39 is 23.8 Å². The maximum absolute atomic E-state index is 13.4. The molecule has 1 fully saturated rings. The van der Waals surface area contributed by atoms with E-state index >= 15 is 0 Å². The van der Waals surface area contributed by atoms with E-state index in [2.05, 4.69) is 21.3 Å². The first kappa shape index (κ1) is 49.2. The number of aromatic nitrogens is 1. The Morgan fingerprint density at radius 1 is 0.768 bits per heavy atom. The lowest BCUT2D eigenvalue weighted by atomic mass is 9.92. The van der Waals surface area contributed by atoms with Crippen molar-refractivity contribution in [3.05, 3.63) is 108 Å². The number of aryl methyl sites for hydroxylation is 1. The number of anilines is 2. The molecule has 2 aliphatic rings. The van der Waals surface area contributed by atoms with Crippen LogP contribution in [0.4, 0.5) is 11.4 Å². The molecular weight excluding hydrogens is 889 g/mol. The van der Waals surface area contributed by atoms with Crippen molar-refractivity contribution in [1.82, 2.24) is 20.5 Å². The summed E-state index contributed by atoms with van der Waals surface area (Å²) in [6, 6.07) is 26.7. The van der Waals surface area contributed by atoms with Gasteiger partial charge in [-0.05, 0) is 90.2 Å². The number of hydrogen-bond acceptors (Lipinski definition) is 14. The molecule has 3 heterocycles. The van der Waals surface area contributed by atoms with Gasteiger partial charge in [-0.1, -0.05) is 36.4 Å². The average Bonchev–Trinajstić information content (AvgIpc) is 3.50. The molecule has 2 aliphatic heterocycles. The van der Waals surface area contributed by atoms with Gasteiger partial charge < -0.3 is 44.4 Å². The maximum Gasteiger partial charge on any atom is 0.263 e. The molecule has 0 spiro atoms. The Morgan fingerprint density at radius 2 is 1.48 bits per heavy atom. The number of amides is 6. The number of methoxy groups -OCH3 is 2. The molecule has 360 valence electrons. The van der Waals surface area contributed by atoms with Crippen molar-refractivity contribution in [3.63, 3.8) is 0 Å². The molecule has 5 aromatic rings. The Morgan fingerprint density at radius 3 is 2.20 bits per heavy atom. The van der Waals surface area contributed by atoms with E-state index in [-0.39, 0.29) is 56.4 Å². The van der Waals surface area contributed by atoms with Crippen LogP contribution < -0.4 is 35.5 Å². The van der Waals surface area contributed by atoms with E-state index in [0.717, 1.165) is 32.7 Å². The maximum atomic E-state index is 13.4. The molecule has 0 aliphatic carbocycles. The van der Waals surface area contributed by atoms with Crippen LogP contribution >= 0.6 is 0 Å². The van der Waals surface area contributed by atoms with Crippen LogP contribution in [-0.4, -0.2) is 125 Å². The van der Waals surface area contributed by atoms with Gasteiger partial charge in [0.25, 0.3) is 11.8 Å². The number of para-hydroxylation sites is 1. The zero-order valence-electron chi connectivity index (χ0n) is 38.6. The topological polar surface area (TPSA) is 222 Å². The van der Waals surface area contributed by atoms with Gasteiger partial charge in [-0.2, -0.15) is 0 Å². The number of piperidine rings is 1. The summed E-state index contributed by atoms with van der Waals surface area (Å²) >= 11 is 0. The summed E-state index contributed by atoms with van der Waals surface area (Å²) in [5, 5.41) is 11.1. The van der Waals surface area contributed by atoms with Gasteiger partial charge in [0, 0.05) is 36.3 Å². The molecule has 0 radical (unpaired) electrons. The van der Waals surface area contributed by atoms with Gasteiger partial charge in [-0.15, -0.1) is 0 Å². The molecule has 0 saturated carbocycles. The summed E-state index contributed by atoms with van der Waals surface area (Å²) in [6.45, 7) is 4.05. The Balaban J connectivity index is 0.803. The fraction of sp³-hybridized carbons (Fsp3) is 0.314. The number of ether oxygens (including phenoxy) is 6. The summed E-state index contributed by atoms with van der Waals surface area (Å²) in [4.78, 5) is 80.9. The number of benzene rings is 4. The van der Waals surface area contributed by atoms with E-state index in [1.165, 1.54) is 0 Å². The van der Waals surface area contributed by atoms with Crippen LogP contribution in [-0.2, 0) is 44.6 Å². The fourth-order valence-electron chi connectivity index (χ4n) is 7.96. The monoisotopic (exact) mass is 942 g/mol. The van der Waals surface area contributed by atoms with Crippen molar-refractivity contribution in [2.24, 2.45) is 0 Å². The summed E-state index contributed by atoms with van der Waals surface area (Å²) in [7, 11) is 3.16. The van der Waals surface area contributed by atoms with Crippen LogP contribution in [0.3, 0.4) is 0 Å². The predicted molar refractivity (Wildman–Crippen MR) is 255 cm³/mol. The lowest BCUT2D eigenvalue weighted by Crippen LogP contribution is -2.54. The van der Waals surface area contributed by atoms with Gasteiger partial charge in [0.1, 0.15) is 11.8 Å². The predicted octanol–water partition coefficient (Wildman–Crippen LogP) is 4.96. The minimum Gasteiger partial charge on any atom is -0.493 e. The summed E-state index contributed by atoms with van der Waals surface area (Å²) in [5.41, 5.74) is 7.48. The highest BCUT2D eigenvalue weighted by molar-refractivity contribution is 6.10. The van der Waals surface area contributed by atoms with Crippen molar-refractivity contribution in [2.75, 3.05) is 84.2 Å². The van der Waals surface area contributed by atoms with Gasteiger partial charge in [-0.3, -0.25) is 39.0 Å². The fourth-order valence-corrected chi connectivity index (χ4v) is 7.96. The Hall–Kier alpha value is -7.67. The number of carbonyl (C=O) groups excluding carboxylic acids is 6. The first-order valence-corrected chi connectivity index (χ1v) is 22.4. The lowest BCUT2D eigenvalue weighted by Gasteiger charge is -2.29. The van der Waals surface area contributed by atoms with Crippen molar-refractivity contribution in [3.8, 4) is 50.9 Å². The summed E-state index contributed by atoms with van der Waals surface area (Å²) in [5.74, 6) is -0.566. The third-order valence-electron chi connectivity index (χ3n) is 11.4. The van der Waals surface area contributed by atoms with Gasteiger partial charge in [0.15, 0.2) is 18.1 Å². The van der Waals surface area contributed by atoms with E-state index in [4.69, 9.17) is 33.4 Å². The lowest BCUT2D eigenvalue weighted by molar-refractivity contribution is -0.139. The normalized spacial score (nSPS) is 14.0. The molecule has 18 heteroatoms. The summed E-state index contributed by atoms with van der Waals surface area (Å²) in [6.07, 6.45) is 0.545. The van der Waals surface area contributed by atoms with Gasteiger partial charge in [-0.25, -0.2) is 4.98 Å². The van der Waals surface area contributed by atoms with Crippen LogP contribution in [0.1, 0.15) is 34.3 Å². The van der Waals surface area contributed by atoms with E-state index in [1.807, 2.05) is 60.7 Å². The highest BCUT2D eigenvalue weighted by atomic mass is 16.5. The number of fused-ring (bicyclic) bond motifs is 3. The van der Waals surface area contributed by atoms with Crippen LogP contribution in [0.15, 0.2) is 91.0 Å². The Kier molecular flexibility index (Phi) is 17.0. The molecule has 1 unspecified atom stereocenters. The molecule has 1 aromatic heterocycles. The molecule has 69 heavy (non-hydrogen) atoms. The minimum atomic E-state index is -1.07. The summed E-state index contributed by atoms with van der Waals surface area (Å²) < 4.78 is 33.7. The highest BCUT2D eigenvalue weighted by Crippen LogP contribution is 2.42. The number of pyridine rings is 1. The Bertz CT molecular complexity index is 2680. The van der Waals surface area contributed by atoms with E-state index in [9.17, 15) is 28.8 Å². The SMILES string of the molecule is COc1ccc(-c2cc(-c3ccc(OCC(=O)NCCOCCOCCOCCNc4cccc(C)c4C(=O)N(C=O)C4CCC(=O)NC4=O)cc3)nc3c2CC(=O)Nc2ccccc2-3)cc1OC. The number of carbonyl (C=O) groups is 6. The van der Waals surface area contributed by atoms with Crippen molar-refractivity contribution in [2.45, 2.75) is 32.2 Å². The van der Waals surface area contributed by atoms with Crippen LogP contribution in [0.25, 0.3) is 33.6 Å². The Labute approximate surface area is 399 Å². The molecule has 0 bridgehead atoms. The standard InChI is InChI=1S/C51H54N6O12/c1-32-7-6-10-40(48(32)51(63)57(31-58)42-16-18-45(59)56-50(42)62)52-19-21-66-23-25-68-26-24-67-22-20-53-47(61)30-69-35-14-11-33(12-15-35)41-28-37(34-13-17-43(64-2)44(27-34)65-3)38-29-46(60)54-39-9-5-4-8-36(39)49(38)55-41/h4-15,17,27-28,31,42,52H,16,18-26,29-30H2,1-3H3,(H,53,61)(H,54,60)(H,56,59,62). The minimum absolute atomic E-state index is 0.0316. The number of nitrogens with one attached hydrogen (secondary N) is 4. The molecule has 1 atom stereocenters. The highest BCUT2D eigenvalue weighted by Gasteiger charge is 2.36. The second kappa shape index (κ2) is 23.9. The molecule has 7 rings (SSSR count). The quantitative estimate of drug-likeness (QED) is 0.0386. The zero-order chi connectivity index (χ0) is 48.7. The second-order valence-electron chi connectivity index (χ2n) is 15.9. The first-order chi connectivity index (χ1) is 33.6. The van der Waals surface area contributed by atoms with Crippen molar-refractivity contribution in [1.29, 1.82) is 0 Å². The average molecular weight is 943 g/mol. The number of nitrogens with zero attached hydrogens (tertiary/aromatic N) is 2. The third-order valence-corrected chi connectivity index (χ3v) is 11.4. The van der Waals surface area contributed by atoms with Crippen molar-refractivity contribution < 1.29 is 57.2 Å². The van der Waals surface area contributed by atoms with Gasteiger partial charge in [0.05, 0.1) is 82.9 Å². The largest absolute Gasteiger partial charge is 0.493 e. The smallest absolute Gasteiger partial charge is 0.263 e. The molecule has 4 aromatic carbocycles. The van der Waals surface area contributed by atoms with Crippen LogP contribution in [0, 0.1) is 6.92 Å². The van der Waals surface area contributed by atoms with Gasteiger partial charge >= 0.3 is 0 Å². The molecular formula is C51H54N6O12. The van der Waals surface area contributed by atoms with E-state index in [0.29, 0.717) is 91.6 Å². The second-order valence-corrected chi connectivity index (χ2v) is 15.9. The zero-order valence-corrected chi connectivity index (χ0v) is 38.6. The number of hydrogen-bond donors (Lipinski definition) is 4. The number of rotatable bonds is 23. The van der Waals surface area contributed by atoms with Gasteiger partial charge in [0.2, 0.25) is 24.1 Å². The molecule has 4 N–H and O–H groups in total. The first-order valence-electron chi connectivity index (χ1n) is 22.4. The van der Waals surface area contributed by atoms with Crippen molar-refractivity contribution >= 4 is 47.3 Å². The molecule has 1 saturated heterocycles. The molecule has 6 amide bonds. The number of imide groups is 2. The third kappa shape index (κ3) is 12.5.